The van der Waals surface area contributed by atoms with Crippen molar-refractivity contribution < 1.29 is 17.9 Å². The normalized spacial score (nSPS) is 15.5. The molecule has 0 saturated carbocycles. The fourth-order valence-electron chi connectivity index (χ4n) is 3.09. The molecule has 1 N–H and O–H groups in total. The number of anilines is 1. The van der Waals surface area contributed by atoms with E-state index in [-0.39, 0.29) is 11.0 Å². The van der Waals surface area contributed by atoms with Crippen LogP contribution in [-0.4, -0.2) is 51.7 Å². The van der Waals surface area contributed by atoms with Crippen molar-refractivity contribution in [3.05, 3.63) is 54.1 Å². The molecule has 28 heavy (non-hydrogen) atoms. The van der Waals surface area contributed by atoms with Crippen molar-refractivity contribution in [2.24, 2.45) is 0 Å². The Morgan fingerprint density at radius 1 is 1.11 bits per heavy atom. The zero-order valence-corrected chi connectivity index (χ0v) is 17.2. The summed E-state index contributed by atoms with van der Waals surface area (Å²) in [5.41, 5.74) is 1.91. The summed E-state index contributed by atoms with van der Waals surface area (Å²) in [6.45, 7) is 6.19. The Morgan fingerprint density at radius 3 is 2.50 bits per heavy atom. The van der Waals surface area contributed by atoms with Gasteiger partial charge in [0.25, 0.3) is 0 Å². The second kappa shape index (κ2) is 9.41. The van der Waals surface area contributed by atoms with Crippen molar-refractivity contribution in [2.45, 2.75) is 31.3 Å². The van der Waals surface area contributed by atoms with E-state index in [4.69, 9.17) is 9.47 Å². The van der Waals surface area contributed by atoms with Crippen LogP contribution in [0.4, 0.5) is 5.69 Å². The van der Waals surface area contributed by atoms with E-state index in [9.17, 15) is 8.42 Å². The number of hydrogen-bond acceptors (Lipinski definition) is 5. The van der Waals surface area contributed by atoms with Gasteiger partial charge in [-0.1, -0.05) is 30.3 Å². The van der Waals surface area contributed by atoms with Gasteiger partial charge in [-0.2, -0.15) is 4.31 Å². The molecule has 1 aliphatic rings. The predicted octanol–water partition coefficient (Wildman–Crippen LogP) is 3.15. The lowest BCUT2D eigenvalue weighted by molar-refractivity contribution is 0.0730. The third-order valence-corrected chi connectivity index (χ3v) is 6.39. The fraction of sp³-hybridized carbons (Fsp3) is 0.429. The molecule has 0 bridgehead atoms. The first-order chi connectivity index (χ1) is 13.5. The molecule has 0 unspecified atom stereocenters. The summed E-state index contributed by atoms with van der Waals surface area (Å²) in [7, 11) is -3.55. The molecule has 1 fully saturated rings. The zero-order chi connectivity index (χ0) is 20.0. The van der Waals surface area contributed by atoms with Crippen LogP contribution in [0.15, 0.2) is 53.4 Å². The maximum Gasteiger partial charge on any atom is 0.243 e. The highest BCUT2D eigenvalue weighted by Crippen LogP contribution is 2.30. The van der Waals surface area contributed by atoms with E-state index < -0.39 is 10.0 Å². The Bertz CT molecular complexity index is 863. The summed E-state index contributed by atoms with van der Waals surface area (Å²) >= 11 is 0. The molecular weight excluding hydrogens is 376 g/mol. The highest BCUT2D eigenvalue weighted by molar-refractivity contribution is 7.89. The van der Waals surface area contributed by atoms with Crippen molar-refractivity contribution in [1.82, 2.24) is 4.31 Å². The molecule has 1 aliphatic heterocycles. The lowest BCUT2D eigenvalue weighted by Gasteiger charge is -2.26. The van der Waals surface area contributed by atoms with Crippen LogP contribution in [0.2, 0.25) is 0 Å². The molecule has 0 amide bonds. The average Bonchev–Trinajstić information content (AvgIpc) is 2.70. The van der Waals surface area contributed by atoms with Crippen molar-refractivity contribution in [3.8, 4) is 5.75 Å². The molecule has 0 atom stereocenters. The summed E-state index contributed by atoms with van der Waals surface area (Å²) in [5.74, 6) is 0.656. The zero-order valence-electron chi connectivity index (χ0n) is 16.4. The Balaban J connectivity index is 1.79. The van der Waals surface area contributed by atoms with Crippen LogP contribution in [0.1, 0.15) is 19.4 Å². The smallest absolute Gasteiger partial charge is 0.243 e. The number of rotatable bonds is 8. The molecule has 0 aliphatic carbocycles. The van der Waals surface area contributed by atoms with Gasteiger partial charge in [0.1, 0.15) is 5.75 Å². The summed E-state index contributed by atoms with van der Waals surface area (Å²) in [6, 6.07) is 15.2. The molecule has 0 spiro atoms. The molecule has 0 aromatic heterocycles. The van der Waals surface area contributed by atoms with Crippen LogP contribution >= 0.6 is 0 Å². The average molecular weight is 405 g/mol. The number of sulfonamides is 1. The first-order valence-corrected chi connectivity index (χ1v) is 11.1. The van der Waals surface area contributed by atoms with Gasteiger partial charge in [-0.05, 0) is 44.0 Å². The topological polar surface area (TPSA) is 67.9 Å². The van der Waals surface area contributed by atoms with Crippen LogP contribution in [0, 0.1) is 0 Å². The maximum absolute atomic E-state index is 13.0. The minimum atomic E-state index is -3.55. The first-order valence-electron chi connectivity index (χ1n) is 9.63. The molecule has 3 rings (SSSR count). The molecule has 0 radical (unpaired) electrons. The second-order valence-corrected chi connectivity index (χ2v) is 8.94. The highest BCUT2D eigenvalue weighted by Gasteiger charge is 2.27. The van der Waals surface area contributed by atoms with E-state index in [2.05, 4.69) is 17.4 Å². The molecule has 2 aromatic carbocycles. The molecule has 7 heteroatoms. The minimum absolute atomic E-state index is 0.00336. The summed E-state index contributed by atoms with van der Waals surface area (Å²) in [5, 5.41) is 3.35. The summed E-state index contributed by atoms with van der Waals surface area (Å²) < 4.78 is 38.6. The highest BCUT2D eigenvalue weighted by atomic mass is 32.2. The number of hydrogen-bond donors (Lipinski definition) is 1. The van der Waals surface area contributed by atoms with Crippen LogP contribution in [0.5, 0.6) is 5.75 Å². The van der Waals surface area contributed by atoms with Crippen molar-refractivity contribution in [2.75, 3.05) is 38.2 Å². The molecule has 1 saturated heterocycles. The van der Waals surface area contributed by atoms with Crippen molar-refractivity contribution >= 4 is 15.7 Å². The van der Waals surface area contributed by atoms with E-state index in [0.717, 1.165) is 6.42 Å². The molecule has 2 aromatic rings. The van der Waals surface area contributed by atoms with Gasteiger partial charge in [0.05, 0.1) is 29.9 Å². The third kappa shape index (κ3) is 5.25. The number of nitrogens with zero attached hydrogens (tertiary/aromatic N) is 1. The van der Waals surface area contributed by atoms with Crippen LogP contribution in [-0.2, 0) is 21.2 Å². The lowest BCUT2D eigenvalue weighted by atomic mass is 10.1. The monoisotopic (exact) mass is 404 g/mol. The van der Waals surface area contributed by atoms with Gasteiger partial charge < -0.3 is 14.8 Å². The van der Waals surface area contributed by atoms with E-state index in [0.29, 0.717) is 44.3 Å². The second-order valence-electron chi connectivity index (χ2n) is 7.00. The fourth-order valence-corrected chi connectivity index (χ4v) is 4.52. The van der Waals surface area contributed by atoms with Gasteiger partial charge in [-0.15, -0.1) is 0 Å². The predicted molar refractivity (Wildman–Crippen MR) is 110 cm³/mol. The molecular formula is C21H28N2O4S. The van der Waals surface area contributed by atoms with Gasteiger partial charge in [-0.3, -0.25) is 0 Å². The van der Waals surface area contributed by atoms with Gasteiger partial charge in [0.15, 0.2) is 0 Å². The maximum atomic E-state index is 13.0. The number of morpholine rings is 1. The number of ether oxygens (including phenoxy) is 2. The van der Waals surface area contributed by atoms with Gasteiger partial charge >= 0.3 is 0 Å². The Kier molecular flexibility index (Phi) is 6.93. The van der Waals surface area contributed by atoms with E-state index in [1.165, 1.54) is 9.87 Å². The lowest BCUT2D eigenvalue weighted by Crippen LogP contribution is -2.40. The summed E-state index contributed by atoms with van der Waals surface area (Å²) in [6.07, 6.45) is 0.832. The minimum Gasteiger partial charge on any atom is -0.489 e. The van der Waals surface area contributed by atoms with Gasteiger partial charge in [0.2, 0.25) is 10.0 Å². The SMILES string of the molecule is CC(C)Oc1ccc(S(=O)(=O)N2CCOCC2)cc1NCCc1ccccc1. The Labute approximate surface area is 167 Å². The van der Waals surface area contributed by atoms with Crippen LogP contribution in [0.3, 0.4) is 0 Å². The molecule has 6 nitrogen and oxygen atoms in total. The van der Waals surface area contributed by atoms with Gasteiger partial charge in [0, 0.05) is 19.6 Å². The van der Waals surface area contributed by atoms with E-state index in [1.54, 1.807) is 18.2 Å². The standard InChI is InChI=1S/C21H28N2O4S/c1-17(2)27-21-9-8-19(28(24,25)23-12-14-26-15-13-23)16-20(21)22-11-10-18-6-4-3-5-7-18/h3-9,16-17,22H,10-15H2,1-2H3. The van der Waals surface area contributed by atoms with Gasteiger partial charge in [-0.25, -0.2) is 8.42 Å². The van der Waals surface area contributed by atoms with E-state index >= 15 is 0 Å². The molecule has 1 heterocycles. The molecule has 152 valence electrons. The van der Waals surface area contributed by atoms with Crippen molar-refractivity contribution in [3.63, 3.8) is 0 Å². The van der Waals surface area contributed by atoms with Crippen LogP contribution in [0.25, 0.3) is 0 Å². The Morgan fingerprint density at radius 2 is 1.82 bits per heavy atom. The first kappa shape index (κ1) is 20.6. The largest absolute Gasteiger partial charge is 0.489 e. The third-order valence-electron chi connectivity index (χ3n) is 4.49. The number of benzene rings is 2. The quantitative estimate of drug-likeness (QED) is 0.732. The Hall–Kier alpha value is -2.09. The van der Waals surface area contributed by atoms with Crippen molar-refractivity contribution in [1.29, 1.82) is 0 Å². The number of nitrogens with one attached hydrogen (secondary N) is 1. The van der Waals surface area contributed by atoms with Crippen LogP contribution < -0.4 is 10.1 Å². The summed E-state index contributed by atoms with van der Waals surface area (Å²) in [4.78, 5) is 0.271. The van der Waals surface area contributed by atoms with E-state index in [1.807, 2.05) is 32.0 Å².